The molecule has 1 saturated heterocycles. The lowest BCUT2D eigenvalue weighted by molar-refractivity contribution is -0.141. The molecule has 144 valence electrons. The highest BCUT2D eigenvalue weighted by Gasteiger charge is 2.32. The van der Waals surface area contributed by atoms with Crippen LogP contribution in [0.15, 0.2) is 28.8 Å². The third-order valence-electron chi connectivity index (χ3n) is 4.26. The van der Waals surface area contributed by atoms with E-state index in [0.29, 0.717) is 29.7 Å². The number of amides is 2. The number of carbonyl (C=O) groups excluding carboxylic acids is 2. The van der Waals surface area contributed by atoms with Gasteiger partial charge in [-0.3, -0.25) is 4.79 Å². The van der Waals surface area contributed by atoms with Crippen LogP contribution in [0.5, 0.6) is 0 Å². The van der Waals surface area contributed by atoms with Crippen LogP contribution in [0.3, 0.4) is 0 Å². The highest BCUT2D eigenvalue weighted by Crippen LogP contribution is 2.31. The van der Waals surface area contributed by atoms with Gasteiger partial charge in [-0.25, -0.2) is 4.79 Å². The van der Waals surface area contributed by atoms with Crippen molar-refractivity contribution in [3.8, 4) is 11.4 Å². The quantitative estimate of drug-likeness (QED) is 0.785. The van der Waals surface area contributed by atoms with E-state index in [1.807, 2.05) is 12.1 Å². The van der Waals surface area contributed by atoms with E-state index in [2.05, 4.69) is 15.5 Å². The van der Waals surface area contributed by atoms with Crippen molar-refractivity contribution < 1.29 is 18.8 Å². The first-order valence-corrected chi connectivity index (χ1v) is 9.26. The van der Waals surface area contributed by atoms with E-state index in [-0.39, 0.29) is 25.2 Å². The highest BCUT2D eigenvalue weighted by molar-refractivity contribution is 6.30. The predicted octanol–water partition coefficient (Wildman–Crippen LogP) is 3.19. The molecule has 1 aromatic heterocycles. The summed E-state index contributed by atoms with van der Waals surface area (Å²) in [5, 5.41) is 7.19. The van der Waals surface area contributed by atoms with Crippen molar-refractivity contribution in [1.29, 1.82) is 0 Å². The number of rotatable bonds is 5. The number of piperidine rings is 1. The maximum atomic E-state index is 12.5. The molecule has 27 heavy (non-hydrogen) atoms. The lowest BCUT2D eigenvalue weighted by atomic mass is 10.0. The van der Waals surface area contributed by atoms with Crippen molar-refractivity contribution in [1.82, 2.24) is 20.4 Å². The Labute approximate surface area is 161 Å². The van der Waals surface area contributed by atoms with E-state index in [0.717, 1.165) is 18.4 Å². The van der Waals surface area contributed by atoms with Crippen molar-refractivity contribution in [3.63, 3.8) is 0 Å². The molecular weight excluding hydrogens is 372 g/mol. The number of hydrogen-bond donors (Lipinski definition) is 1. The Bertz CT molecular complexity index is 810. The lowest BCUT2D eigenvalue weighted by Crippen LogP contribution is -2.46. The molecule has 0 spiro atoms. The second-order valence-electron chi connectivity index (χ2n) is 6.14. The Balaban J connectivity index is 1.72. The van der Waals surface area contributed by atoms with Gasteiger partial charge < -0.3 is 19.5 Å². The Morgan fingerprint density at radius 3 is 3.04 bits per heavy atom. The van der Waals surface area contributed by atoms with Crippen molar-refractivity contribution >= 4 is 23.6 Å². The van der Waals surface area contributed by atoms with Crippen LogP contribution >= 0.6 is 11.6 Å². The average molecular weight is 393 g/mol. The first-order valence-electron chi connectivity index (χ1n) is 8.88. The number of esters is 1. The van der Waals surface area contributed by atoms with Gasteiger partial charge in [0.1, 0.15) is 12.6 Å². The van der Waals surface area contributed by atoms with Crippen LogP contribution in [0, 0.1) is 0 Å². The molecule has 2 aromatic rings. The van der Waals surface area contributed by atoms with E-state index < -0.39 is 5.97 Å². The SMILES string of the molecule is CCOC(=O)CNC(=O)N1CCCCC1c1nc(-c2cccc(Cl)c2)no1. The molecule has 1 N–H and O–H groups in total. The summed E-state index contributed by atoms with van der Waals surface area (Å²) in [7, 11) is 0. The number of carbonyl (C=O) groups is 2. The topological polar surface area (TPSA) is 97.6 Å². The van der Waals surface area contributed by atoms with Gasteiger partial charge in [0.15, 0.2) is 0 Å². The van der Waals surface area contributed by atoms with Gasteiger partial charge in [-0.1, -0.05) is 28.9 Å². The molecule has 8 nitrogen and oxygen atoms in total. The predicted molar refractivity (Wildman–Crippen MR) is 98.1 cm³/mol. The van der Waals surface area contributed by atoms with Gasteiger partial charge in [-0.2, -0.15) is 4.98 Å². The van der Waals surface area contributed by atoms with E-state index in [4.69, 9.17) is 20.9 Å². The molecule has 9 heteroatoms. The molecule has 3 rings (SSSR count). The second-order valence-corrected chi connectivity index (χ2v) is 6.57. The highest BCUT2D eigenvalue weighted by atomic mass is 35.5. The smallest absolute Gasteiger partial charge is 0.325 e. The standard InChI is InChI=1S/C18H21ClN4O4/c1-2-26-15(24)11-20-18(25)23-9-4-3-8-14(23)17-21-16(22-27-17)12-6-5-7-13(19)10-12/h5-7,10,14H,2-4,8-9,11H2,1H3,(H,20,25). The van der Waals surface area contributed by atoms with Gasteiger partial charge >= 0.3 is 12.0 Å². The number of aromatic nitrogens is 2. The Morgan fingerprint density at radius 1 is 1.41 bits per heavy atom. The zero-order chi connectivity index (χ0) is 19.2. The first kappa shape index (κ1) is 19.2. The number of benzene rings is 1. The summed E-state index contributed by atoms with van der Waals surface area (Å²) in [5.74, 6) is 0.321. The van der Waals surface area contributed by atoms with E-state index in [1.54, 1.807) is 24.0 Å². The van der Waals surface area contributed by atoms with Gasteiger partial charge in [0.2, 0.25) is 11.7 Å². The van der Waals surface area contributed by atoms with Crippen LogP contribution in [0.25, 0.3) is 11.4 Å². The second kappa shape index (κ2) is 8.85. The molecule has 2 heterocycles. The van der Waals surface area contributed by atoms with Gasteiger partial charge in [-0.05, 0) is 38.3 Å². The molecule has 1 atom stereocenters. The minimum Gasteiger partial charge on any atom is -0.465 e. The maximum absolute atomic E-state index is 12.5. The number of hydrogen-bond acceptors (Lipinski definition) is 6. The molecule has 0 saturated carbocycles. The summed E-state index contributed by atoms with van der Waals surface area (Å²) in [6.07, 6.45) is 2.53. The van der Waals surface area contributed by atoms with Crippen LogP contribution in [0.4, 0.5) is 4.79 Å². The van der Waals surface area contributed by atoms with Crippen molar-refractivity contribution in [3.05, 3.63) is 35.2 Å². The Kier molecular flexibility index (Phi) is 6.28. The Morgan fingerprint density at radius 2 is 2.26 bits per heavy atom. The van der Waals surface area contributed by atoms with E-state index >= 15 is 0 Å². The van der Waals surface area contributed by atoms with Crippen LogP contribution in [-0.2, 0) is 9.53 Å². The van der Waals surface area contributed by atoms with Crippen molar-refractivity contribution in [2.75, 3.05) is 19.7 Å². The summed E-state index contributed by atoms with van der Waals surface area (Å²) in [4.78, 5) is 30.1. The molecule has 0 radical (unpaired) electrons. The zero-order valence-corrected chi connectivity index (χ0v) is 15.7. The number of nitrogens with zero attached hydrogens (tertiary/aromatic N) is 3. The zero-order valence-electron chi connectivity index (χ0n) is 15.0. The summed E-state index contributed by atoms with van der Waals surface area (Å²) in [5.41, 5.74) is 0.742. The normalized spacial score (nSPS) is 16.8. The van der Waals surface area contributed by atoms with E-state index in [9.17, 15) is 9.59 Å². The molecule has 1 fully saturated rings. The molecular formula is C18H21ClN4O4. The monoisotopic (exact) mass is 392 g/mol. The molecule has 1 aromatic carbocycles. The first-order chi connectivity index (χ1) is 13.1. The number of nitrogens with one attached hydrogen (secondary N) is 1. The maximum Gasteiger partial charge on any atom is 0.325 e. The largest absolute Gasteiger partial charge is 0.465 e. The summed E-state index contributed by atoms with van der Waals surface area (Å²) < 4.78 is 10.3. The van der Waals surface area contributed by atoms with Crippen molar-refractivity contribution in [2.24, 2.45) is 0 Å². The Hall–Kier alpha value is -2.61. The molecule has 0 aliphatic carbocycles. The third-order valence-corrected chi connectivity index (χ3v) is 4.50. The summed E-state index contributed by atoms with van der Waals surface area (Å²) >= 11 is 6.01. The van der Waals surface area contributed by atoms with Crippen LogP contribution in [0.2, 0.25) is 5.02 Å². The number of halogens is 1. The lowest BCUT2D eigenvalue weighted by Gasteiger charge is -2.33. The van der Waals surface area contributed by atoms with Gasteiger partial charge in [0.25, 0.3) is 0 Å². The number of likely N-dealkylation sites (tertiary alicyclic amines) is 1. The van der Waals surface area contributed by atoms with Crippen LogP contribution < -0.4 is 5.32 Å². The fourth-order valence-corrected chi connectivity index (χ4v) is 3.20. The van der Waals surface area contributed by atoms with Crippen LogP contribution in [-0.4, -0.2) is 46.7 Å². The molecule has 1 aliphatic heterocycles. The van der Waals surface area contributed by atoms with Gasteiger partial charge in [-0.15, -0.1) is 0 Å². The fraction of sp³-hybridized carbons (Fsp3) is 0.444. The number of ether oxygens (including phenoxy) is 1. The van der Waals surface area contributed by atoms with Crippen LogP contribution in [0.1, 0.15) is 38.1 Å². The molecule has 0 bridgehead atoms. The molecule has 1 aliphatic rings. The molecule has 2 amide bonds. The summed E-state index contributed by atoms with van der Waals surface area (Å²) in [6.45, 7) is 2.37. The van der Waals surface area contributed by atoms with Gasteiger partial charge in [0.05, 0.1) is 6.61 Å². The van der Waals surface area contributed by atoms with E-state index in [1.165, 1.54) is 0 Å². The average Bonchev–Trinajstić information content (AvgIpc) is 3.16. The van der Waals surface area contributed by atoms with Gasteiger partial charge in [0, 0.05) is 17.1 Å². The minimum absolute atomic E-state index is 0.173. The third kappa shape index (κ3) is 4.77. The summed E-state index contributed by atoms with van der Waals surface area (Å²) in [6, 6.07) is 6.48. The fourth-order valence-electron chi connectivity index (χ4n) is 3.01. The molecule has 1 unspecified atom stereocenters. The minimum atomic E-state index is -0.472. The van der Waals surface area contributed by atoms with Crippen molar-refractivity contribution in [2.45, 2.75) is 32.2 Å². The number of urea groups is 1.